The average molecular weight is 448 g/mol. The lowest BCUT2D eigenvalue weighted by Crippen LogP contribution is -2.37. The molecule has 1 aromatic carbocycles. The molecule has 2 heterocycles. The molecule has 172 valence electrons. The predicted molar refractivity (Wildman–Crippen MR) is 118 cm³/mol. The summed E-state index contributed by atoms with van der Waals surface area (Å²) in [6, 6.07) is 6.29. The van der Waals surface area contributed by atoms with Gasteiger partial charge in [-0.25, -0.2) is 0 Å². The zero-order valence-electron chi connectivity index (χ0n) is 18.1. The molecular formula is C23H27F3N4O2. The van der Waals surface area contributed by atoms with Gasteiger partial charge in [-0.2, -0.15) is 18.3 Å². The Kier molecular flexibility index (Phi) is 7.52. The molecule has 0 atom stereocenters. The van der Waals surface area contributed by atoms with Crippen molar-refractivity contribution < 1.29 is 22.7 Å². The number of carbonyl (C=O) groups excluding carboxylic acids is 1. The molecule has 0 unspecified atom stereocenters. The number of benzene rings is 1. The first kappa shape index (κ1) is 23.7. The SMILES string of the molecule is C=CC(=C)c1cc(C(=O)N(C)c2cccc(C(F)(F)F)c2)n(CCCN2CCOCC2)n1. The molecule has 0 N–H and O–H groups in total. The van der Waals surface area contributed by atoms with Crippen LogP contribution in [0.2, 0.25) is 0 Å². The normalized spacial score (nSPS) is 14.9. The summed E-state index contributed by atoms with van der Waals surface area (Å²) >= 11 is 0. The Balaban J connectivity index is 1.81. The summed E-state index contributed by atoms with van der Waals surface area (Å²) in [7, 11) is 1.45. The van der Waals surface area contributed by atoms with Gasteiger partial charge in [0.1, 0.15) is 5.69 Å². The van der Waals surface area contributed by atoms with Gasteiger partial charge in [0.2, 0.25) is 0 Å². The number of aromatic nitrogens is 2. The van der Waals surface area contributed by atoms with Gasteiger partial charge in [0.25, 0.3) is 5.91 Å². The van der Waals surface area contributed by atoms with Crippen molar-refractivity contribution >= 4 is 17.2 Å². The van der Waals surface area contributed by atoms with Crippen molar-refractivity contribution in [2.24, 2.45) is 0 Å². The first-order valence-corrected chi connectivity index (χ1v) is 10.4. The number of aryl methyl sites for hydroxylation is 1. The molecule has 1 amide bonds. The van der Waals surface area contributed by atoms with Gasteiger partial charge in [0, 0.05) is 38.9 Å². The van der Waals surface area contributed by atoms with Crippen molar-refractivity contribution in [3.05, 3.63) is 66.5 Å². The molecule has 32 heavy (non-hydrogen) atoms. The smallest absolute Gasteiger partial charge is 0.379 e. The number of hydrogen-bond acceptors (Lipinski definition) is 4. The fourth-order valence-electron chi connectivity index (χ4n) is 3.47. The van der Waals surface area contributed by atoms with E-state index in [1.165, 1.54) is 24.1 Å². The highest BCUT2D eigenvalue weighted by molar-refractivity contribution is 6.05. The molecule has 6 nitrogen and oxygen atoms in total. The van der Waals surface area contributed by atoms with Gasteiger partial charge in [0.15, 0.2) is 0 Å². The maximum Gasteiger partial charge on any atom is 0.416 e. The summed E-state index contributed by atoms with van der Waals surface area (Å²) in [5, 5.41) is 4.49. The number of nitrogens with zero attached hydrogens (tertiary/aromatic N) is 4. The number of ether oxygens (including phenoxy) is 1. The van der Waals surface area contributed by atoms with Gasteiger partial charge in [-0.05, 0) is 36.3 Å². The van der Waals surface area contributed by atoms with Crippen LogP contribution in [0.4, 0.5) is 18.9 Å². The Morgan fingerprint density at radius 2 is 1.97 bits per heavy atom. The van der Waals surface area contributed by atoms with Crippen LogP contribution in [0.15, 0.2) is 49.6 Å². The van der Waals surface area contributed by atoms with E-state index in [0.717, 1.165) is 38.2 Å². The van der Waals surface area contributed by atoms with Crippen LogP contribution < -0.4 is 4.90 Å². The maximum atomic E-state index is 13.2. The zero-order chi connectivity index (χ0) is 23.3. The number of hydrogen-bond donors (Lipinski definition) is 0. The summed E-state index contributed by atoms with van der Waals surface area (Å²) in [5.74, 6) is -0.452. The summed E-state index contributed by atoms with van der Waals surface area (Å²) in [4.78, 5) is 16.7. The monoisotopic (exact) mass is 448 g/mol. The fourth-order valence-corrected chi connectivity index (χ4v) is 3.47. The highest BCUT2D eigenvalue weighted by atomic mass is 19.4. The fraction of sp³-hybridized carbons (Fsp3) is 0.391. The molecule has 0 bridgehead atoms. The summed E-state index contributed by atoms with van der Waals surface area (Å²) in [6.45, 7) is 12.0. The number of alkyl halides is 3. The molecule has 1 aromatic heterocycles. The van der Waals surface area contributed by atoms with Gasteiger partial charge >= 0.3 is 6.18 Å². The lowest BCUT2D eigenvalue weighted by Gasteiger charge is -2.26. The highest BCUT2D eigenvalue weighted by Crippen LogP contribution is 2.31. The minimum Gasteiger partial charge on any atom is -0.379 e. The van der Waals surface area contributed by atoms with Crippen LogP contribution in [0.3, 0.4) is 0 Å². The van der Waals surface area contributed by atoms with Crippen molar-refractivity contribution in [1.82, 2.24) is 14.7 Å². The van der Waals surface area contributed by atoms with Gasteiger partial charge in [-0.3, -0.25) is 14.4 Å². The van der Waals surface area contributed by atoms with Gasteiger partial charge in [-0.15, -0.1) is 0 Å². The Morgan fingerprint density at radius 3 is 2.62 bits per heavy atom. The molecule has 1 fully saturated rings. The molecule has 1 aliphatic rings. The van der Waals surface area contributed by atoms with E-state index in [1.807, 2.05) is 0 Å². The molecule has 2 aromatic rings. The van der Waals surface area contributed by atoms with E-state index in [-0.39, 0.29) is 11.4 Å². The number of carbonyl (C=O) groups is 1. The van der Waals surface area contributed by atoms with Crippen molar-refractivity contribution in [2.45, 2.75) is 19.1 Å². The third-order valence-corrected chi connectivity index (χ3v) is 5.39. The van der Waals surface area contributed by atoms with Crippen LogP contribution in [0, 0.1) is 0 Å². The second kappa shape index (κ2) is 10.1. The molecule has 1 saturated heterocycles. The zero-order valence-corrected chi connectivity index (χ0v) is 18.1. The van der Waals surface area contributed by atoms with E-state index in [9.17, 15) is 18.0 Å². The quantitative estimate of drug-likeness (QED) is 0.571. The Morgan fingerprint density at radius 1 is 1.25 bits per heavy atom. The lowest BCUT2D eigenvalue weighted by molar-refractivity contribution is -0.137. The minimum absolute atomic E-state index is 0.148. The Labute approximate surface area is 185 Å². The van der Waals surface area contributed by atoms with Crippen LogP contribution in [0.1, 0.15) is 28.2 Å². The van der Waals surface area contributed by atoms with Crippen molar-refractivity contribution in [3.63, 3.8) is 0 Å². The van der Waals surface area contributed by atoms with Crippen LogP contribution in [0.5, 0.6) is 0 Å². The molecule has 9 heteroatoms. The van der Waals surface area contributed by atoms with Gasteiger partial charge in [0.05, 0.1) is 24.5 Å². The number of morpholine rings is 1. The summed E-state index contributed by atoms with van der Waals surface area (Å²) in [6.07, 6.45) is -2.18. The van der Waals surface area contributed by atoms with Crippen molar-refractivity contribution in [3.8, 4) is 0 Å². The summed E-state index contributed by atoms with van der Waals surface area (Å²) in [5.41, 5.74) is 0.689. The predicted octanol–water partition coefficient (Wildman–Crippen LogP) is 4.10. The first-order valence-electron chi connectivity index (χ1n) is 10.4. The first-order chi connectivity index (χ1) is 15.2. The number of rotatable bonds is 8. The van der Waals surface area contributed by atoms with Crippen molar-refractivity contribution in [2.75, 3.05) is 44.8 Å². The number of halogens is 3. The molecular weight excluding hydrogens is 421 g/mol. The summed E-state index contributed by atoms with van der Waals surface area (Å²) < 4.78 is 46.2. The molecule has 3 rings (SSSR count). The number of allylic oxidation sites excluding steroid dienone is 2. The second-order valence-electron chi connectivity index (χ2n) is 7.59. The molecule has 0 spiro atoms. The standard InChI is InChI=1S/C23H27F3N4O2/c1-4-17(2)20-16-21(30(27-20)10-6-9-29-11-13-32-14-12-29)22(31)28(3)19-8-5-7-18(15-19)23(24,25)26/h4-5,7-8,15-16H,1-2,6,9-14H2,3H3. The van der Waals surface area contributed by atoms with Crippen LogP contribution in [-0.2, 0) is 17.5 Å². The average Bonchev–Trinajstić information content (AvgIpc) is 3.22. The van der Waals surface area contributed by atoms with E-state index >= 15 is 0 Å². The number of anilines is 1. The largest absolute Gasteiger partial charge is 0.416 e. The van der Waals surface area contributed by atoms with Crippen LogP contribution in [-0.4, -0.2) is 60.5 Å². The van der Waals surface area contributed by atoms with E-state index in [4.69, 9.17) is 4.74 Å². The molecule has 0 saturated carbocycles. The third-order valence-electron chi connectivity index (χ3n) is 5.39. The van der Waals surface area contributed by atoms with Gasteiger partial charge < -0.3 is 9.64 Å². The molecule has 0 aliphatic carbocycles. The van der Waals surface area contributed by atoms with E-state index < -0.39 is 17.6 Å². The number of amides is 1. The second-order valence-corrected chi connectivity index (χ2v) is 7.59. The van der Waals surface area contributed by atoms with E-state index in [0.29, 0.717) is 31.0 Å². The van der Waals surface area contributed by atoms with E-state index in [1.54, 1.807) is 16.8 Å². The van der Waals surface area contributed by atoms with E-state index in [2.05, 4.69) is 23.2 Å². The maximum absolute atomic E-state index is 13.2. The Bertz CT molecular complexity index is 978. The third kappa shape index (κ3) is 5.66. The van der Waals surface area contributed by atoms with Crippen LogP contribution in [0.25, 0.3) is 5.57 Å². The van der Waals surface area contributed by atoms with Gasteiger partial charge in [-0.1, -0.05) is 25.3 Å². The van der Waals surface area contributed by atoms with Crippen molar-refractivity contribution in [1.29, 1.82) is 0 Å². The lowest BCUT2D eigenvalue weighted by atomic mass is 10.1. The molecule has 1 aliphatic heterocycles. The topological polar surface area (TPSA) is 50.6 Å². The minimum atomic E-state index is -4.49. The Hall–Kier alpha value is -2.91. The van der Waals surface area contributed by atoms with Crippen LogP contribution >= 0.6 is 0 Å². The highest BCUT2D eigenvalue weighted by Gasteiger charge is 2.31. The molecule has 0 radical (unpaired) electrons.